The molecule has 0 aliphatic rings. The van der Waals surface area contributed by atoms with Crippen LogP contribution in [0.4, 0.5) is 5.69 Å². The van der Waals surface area contributed by atoms with Crippen LogP contribution < -0.4 is 15.5 Å². The molecule has 2 amide bonds. The van der Waals surface area contributed by atoms with Crippen LogP contribution in [0.2, 0.25) is 5.02 Å². The summed E-state index contributed by atoms with van der Waals surface area (Å²) in [7, 11) is 0. The van der Waals surface area contributed by atoms with Crippen molar-refractivity contribution in [1.29, 1.82) is 0 Å². The fraction of sp³-hybridized carbons (Fsp3) is 0.211. The summed E-state index contributed by atoms with van der Waals surface area (Å²) in [5.74, 6) is 0.00962. The average Bonchev–Trinajstić information content (AvgIpc) is 2.61. The minimum absolute atomic E-state index is 0.0571. The van der Waals surface area contributed by atoms with Crippen molar-refractivity contribution in [3.8, 4) is 5.75 Å². The van der Waals surface area contributed by atoms with Crippen LogP contribution in [-0.2, 0) is 9.59 Å². The molecule has 0 bridgehead atoms. The van der Waals surface area contributed by atoms with E-state index in [0.29, 0.717) is 22.2 Å². The molecule has 0 saturated heterocycles. The van der Waals surface area contributed by atoms with Gasteiger partial charge in [-0.15, -0.1) is 0 Å². The summed E-state index contributed by atoms with van der Waals surface area (Å²) in [6, 6.07) is 14.2. The van der Waals surface area contributed by atoms with Crippen molar-refractivity contribution in [2.75, 3.05) is 11.9 Å². The number of anilines is 1. The number of carbonyl (C=O) groups excluding carboxylic acids is 2. The van der Waals surface area contributed by atoms with Crippen LogP contribution in [0.3, 0.4) is 0 Å². The Kier molecular flexibility index (Phi) is 7.17. The summed E-state index contributed by atoms with van der Waals surface area (Å²) in [5, 5.41) is 7.23. The number of hydrazone groups is 1. The lowest BCUT2D eigenvalue weighted by Gasteiger charge is -2.08. The largest absolute Gasteiger partial charge is 0.483 e. The third-order valence-corrected chi connectivity index (χ3v) is 3.62. The number of rotatable bonds is 7. The summed E-state index contributed by atoms with van der Waals surface area (Å²) < 4.78 is 5.43. The Labute approximate surface area is 157 Å². The Hall–Kier alpha value is -2.86. The molecule has 2 aromatic carbocycles. The molecular weight excluding hydrogens is 354 g/mol. The van der Waals surface area contributed by atoms with Crippen LogP contribution in [0.1, 0.15) is 18.9 Å². The fourth-order valence-corrected chi connectivity index (χ4v) is 2.19. The first kappa shape index (κ1) is 19.5. The average molecular weight is 374 g/mol. The number of ether oxygens (including phenoxy) is 1. The molecule has 0 heterocycles. The van der Waals surface area contributed by atoms with Gasteiger partial charge in [-0.25, -0.2) is 5.43 Å². The number of nitrogens with zero attached hydrogens (tertiary/aromatic N) is 1. The molecule has 136 valence electrons. The van der Waals surface area contributed by atoms with Crippen molar-refractivity contribution in [1.82, 2.24) is 5.43 Å². The van der Waals surface area contributed by atoms with E-state index in [4.69, 9.17) is 16.3 Å². The van der Waals surface area contributed by atoms with E-state index in [-0.39, 0.29) is 18.9 Å². The first-order chi connectivity index (χ1) is 12.4. The van der Waals surface area contributed by atoms with E-state index in [0.717, 1.165) is 5.56 Å². The van der Waals surface area contributed by atoms with Gasteiger partial charge in [0.1, 0.15) is 5.75 Å². The monoisotopic (exact) mass is 373 g/mol. The summed E-state index contributed by atoms with van der Waals surface area (Å²) in [6.07, 6.45) is 0.0571. The van der Waals surface area contributed by atoms with Crippen LogP contribution in [0.25, 0.3) is 0 Å². The van der Waals surface area contributed by atoms with Crippen LogP contribution in [0.15, 0.2) is 53.6 Å². The molecule has 0 unspecified atom stereocenters. The normalized spacial score (nSPS) is 11.0. The van der Waals surface area contributed by atoms with Gasteiger partial charge in [-0.1, -0.05) is 29.8 Å². The van der Waals surface area contributed by atoms with Crippen molar-refractivity contribution in [3.63, 3.8) is 0 Å². The van der Waals surface area contributed by atoms with Gasteiger partial charge in [0, 0.05) is 16.4 Å². The Balaban J connectivity index is 1.76. The molecule has 2 aromatic rings. The number of halogens is 1. The Morgan fingerprint density at radius 3 is 2.46 bits per heavy atom. The second kappa shape index (κ2) is 9.58. The Morgan fingerprint density at radius 1 is 1.08 bits per heavy atom. The highest BCUT2D eigenvalue weighted by Gasteiger charge is 2.07. The maximum atomic E-state index is 11.9. The lowest BCUT2D eigenvalue weighted by atomic mass is 10.2. The van der Waals surface area contributed by atoms with E-state index in [1.807, 2.05) is 25.1 Å². The van der Waals surface area contributed by atoms with Gasteiger partial charge in [0.2, 0.25) is 5.91 Å². The number of carbonyl (C=O) groups is 2. The molecule has 0 aliphatic heterocycles. The molecule has 0 radical (unpaired) electrons. The predicted molar refractivity (Wildman–Crippen MR) is 103 cm³/mol. The van der Waals surface area contributed by atoms with E-state index in [9.17, 15) is 9.59 Å². The summed E-state index contributed by atoms with van der Waals surface area (Å²) in [4.78, 5) is 23.7. The summed E-state index contributed by atoms with van der Waals surface area (Å²) in [5.41, 5.74) is 4.43. The second-order valence-electron chi connectivity index (χ2n) is 5.67. The zero-order valence-electron chi connectivity index (χ0n) is 14.6. The number of para-hydroxylation sites is 1. The van der Waals surface area contributed by atoms with Crippen LogP contribution in [0.5, 0.6) is 5.75 Å². The van der Waals surface area contributed by atoms with Gasteiger partial charge in [-0.2, -0.15) is 5.10 Å². The molecule has 7 heteroatoms. The van der Waals surface area contributed by atoms with Gasteiger partial charge >= 0.3 is 0 Å². The molecule has 0 fully saturated rings. The van der Waals surface area contributed by atoms with Crippen LogP contribution in [0, 0.1) is 6.92 Å². The molecule has 2 rings (SSSR count). The molecule has 6 nitrogen and oxygen atoms in total. The highest BCUT2D eigenvalue weighted by Crippen LogP contribution is 2.16. The molecule has 0 aliphatic carbocycles. The van der Waals surface area contributed by atoms with E-state index >= 15 is 0 Å². The molecule has 2 N–H and O–H groups in total. The molecule has 0 spiro atoms. The van der Waals surface area contributed by atoms with Gasteiger partial charge in [0.15, 0.2) is 6.61 Å². The third kappa shape index (κ3) is 6.57. The Morgan fingerprint density at radius 2 is 1.77 bits per heavy atom. The van der Waals surface area contributed by atoms with E-state index < -0.39 is 5.91 Å². The number of amides is 2. The topological polar surface area (TPSA) is 79.8 Å². The van der Waals surface area contributed by atoms with E-state index in [2.05, 4.69) is 15.8 Å². The van der Waals surface area contributed by atoms with Crippen molar-refractivity contribution in [3.05, 3.63) is 59.1 Å². The molecule has 26 heavy (non-hydrogen) atoms. The first-order valence-corrected chi connectivity index (χ1v) is 8.37. The zero-order chi connectivity index (χ0) is 18.9. The molecule has 0 atom stereocenters. The number of nitrogens with one attached hydrogen (secondary N) is 2. The number of hydrogen-bond acceptors (Lipinski definition) is 4. The lowest BCUT2D eigenvalue weighted by molar-refractivity contribution is -0.123. The maximum absolute atomic E-state index is 11.9. The SMILES string of the molecule is C/C(CC(=O)Nc1ccc(Cl)cc1)=N/NC(=O)COc1ccccc1C. The smallest absolute Gasteiger partial charge is 0.277 e. The number of aryl methyl sites for hydroxylation is 1. The van der Waals surface area contributed by atoms with Crippen molar-refractivity contribution < 1.29 is 14.3 Å². The highest BCUT2D eigenvalue weighted by molar-refractivity contribution is 6.30. The van der Waals surface area contributed by atoms with Gasteiger partial charge in [0.25, 0.3) is 5.91 Å². The second-order valence-corrected chi connectivity index (χ2v) is 6.10. The van der Waals surface area contributed by atoms with E-state index in [1.165, 1.54) is 0 Å². The van der Waals surface area contributed by atoms with Crippen molar-refractivity contribution in [2.45, 2.75) is 20.3 Å². The predicted octanol–water partition coefficient (Wildman–Crippen LogP) is 3.55. The lowest BCUT2D eigenvalue weighted by Crippen LogP contribution is -2.26. The Bertz CT molecular complexity index is 804. The van der Waals surface area contributed by atoms with Gasteiger partial charge in [0.05, 0.1) is 6.42 Å². The fourth-order valence-electron chi connectivity index (χ4n) is 2.06. The highest BCUT2D eigenvalue weighted by atomic mass is 35.5. The quantitative estimate of drug-likeness (QED) is 0.575. The molecule has 0 saturated carbocycles. The number of hydrogen-bond donors (Lipinski definition) is 2. The minimum Gasteiger partial charge on any atom is -0.483 e. The maximum Gasteiger partial charge on any atom is 0.277 e. The standard InChI is InChI=1S/C19H20ClN3O3/c1-13-5-3-4-6-17(13)26-12-19(25)23-22-14(2)11-18(24)21-16-9-7-15(20)8-10-16/h3-10H,11-12H2,1-2H3,(H,21,24)(H,23,25)/b22-14-. The molecular formula is C19H20ClN3O3. The summed E-state index contributed by atoms with van der Waals surface area (Å²) >= 11 is 5.79. The van der Waals surface area contributed by atoms with Gasteiger partial charge < -0.3 is 10.1 Å². The van der Waals surface area contributed by atoms with E-state index in [1.54, 1.807) is 37.3 Å². The first-order valence-electron chi connectivity index (χ1n) is 8.00. The third-order valence-electron chi connectivity index (χ3n) is 3.37. The minimum atomic E-state index is -0.397. The van der Waals surface area contributed by atoms with Crippen LogP contribution in [-0.4, -0.2) is 24.1 Å². The zero-order valence-corrected chi connectivity index (χ0v) is 15.3. The van der Waals surface area contributed by atoms with Crippen molar-refractivity contribution in [2.24, 2.45) is 5.10 Å². The van der Waals surface area contributed by atoms with Crippen molar-refractivity contribution >= 4 is 34.8 Å². The van der Waals surface area contributed by atoms with Crippen LogP contribution >= 0.6 is 11.6 Å². The van der Waals surface area contributed by atoms with Gasteiger partial charge in [-0.05, 0) is 49.7 Å². The summed E-state index contributed by atoms with van der Waals surface area (Å²) in [6.45, 7) is 3.40. The molecule has 0 aromatic heterocycles. The van der Waals surface area contributed by atoms with Gasteiger partial charge in [-0.3, -0.25) is 9.59 Å². The number of benzene rings is 2.